The normalized spacial score (nSPS) is 12.0. The Bertz CT molecular complexity index is 1550. The Morgan fingerprint density at radius 2 is 1.66 bits per heavy atom. The first kappa shape index (κ1) is 27.7. The third-order valence-electron chi connectivity index (χ3n) is 4.73. The summed E-state index contributed by atoms with van der Waals surface area (Å²) in [6.45, 7) is 0. The summed E-state index contributed by atoms with van der Waals surface area (Å²) in [5.41, 5.74) is 2.02. The van der Waals surface area contributed by atoms with Gasteiger partial charge in [-0.15, -0.1) is 0 Å². The van der Waals surface area contributed by atoms with Crippen LogP contribution in [0.15, 0.2) is 87.0 Å². The van der Waals surface area contributed by atoms with Crippen molar-refractivity contribution in [3.05, 3.63) is 98.2 Å². The van der Waals surface area contributed by atoms with Gasteiger partial charge in [0, 0.05) is 42.2 Å². The summed E-state index contributed by atoms with van der Waals surface area (Å²) in [4.78, 5) is 13.5. The van der Waals surface area contributed by atoms with Crippen molar-refractivity contribution < 1.29 is 17.4 Å². The van der Waals surface area contributed by atoms with Crippen LogP contribution in [0, 0.1) is 0 Å². The van der Waals surface area contributed by atoms with Crippen molar-refractivity contribution in [1.29, 1.82) is 0 Å². The molecule has 1 aromatic heterocycles. The van der Waals surface area contributed by atoms with Crippen molar-refractivity contribution in [3.8, 4) is 11.4 Å². The summed E-state index contributed by atoms with van der Waals surface area (Å²) in [6, 6.07) is 21.8. The average molecular weight is 638 g/mol. The van der Waals surface area contributed by atoms with E-state index in [1.165, 1.54) is 6.07 Å². The topological polar surface area (TPSA) is 82.4 Å². The second kappa shape index (κ2) is 11.9. The molecule has 0 fully saturated rings. The summed E-state index contributed by atoms with van der Waals surface area (Å²) in [7, 11) is 5.16. The molecule has 0 amide bonds. The molecule has 0 bridgehead atoms. The summed E-state index contributed by atoms with van der Waals surface area (Å²) >= 11 is 9.66. The third kappa shape index (κ3) is 7.55. The molecule has 0 aliphatic carbocycles. The van der Waals surface area contributed by atoms with Gasteiger partial charge in [-0.1, -0.05) is 41.9 Å². The number of rotatable bonds is 5. The summed E-state index contributed by atoms with van der Waals surface area (Å²) in [5.74, 6) is 0.944. The molecule has 12 heteroatoms. The second-order valence-corrected chi connectivity index (χ2v) is 13.4. The molecule has 1 atom stereocenters. The van der Waals surface area contributed by atoms with Crippen LogP contribution in [-0.2, 0) is 24.8 Å². The van der Waals surface area contributed by atoms with Crippen LogP contribution in [0.2, 0.25) is 5.02 Å². The van der Waals surface area contributed by atoms with Crippen molar-refractivity contribution in [3.63, 3.8) is 0 Å². The number of fused-ring (bicyclic) bond motifs is 1. The number of hydrogen-bond acceptors (Lipinski definition) is 5. The quantitative estimate of drug-likeness (QED) is 0.236. The van der Waals surface area contributed by atoms with Gasteiger partial charge in [0.05, 0.1) is 39.9 Å². The maximum atomic E-state index is 12.9. The van der Waals surface area contributed by atoms with E-state index >= 15 is 0 Å². The first-order valence-corrected chi connectivity index (χ1v) is 15.4. The smallest absolute Gasteiger partial charge is 0.317 e. The van der Waals surface area contributed by atoms with E-state index < -0.39 is 19.1 Å². The maximum absolute atomic E-state index is 12.9. The minimum absolute atomic E-state index is 0.211. The van der Waals surface area contributed by atoms with Crippen LogP contribution in [0.5, 0.6) is 5.75 Å². The Morgan fingerprint density at radius 1 is 1.00 bits per heavy atom. The lowest BCUT2D eigenvalue weighted by Gasteiger charge is -2.15. The number of pyridine rings is 1. The first-order chi connectivity index (χ1) is 16.5. The van der Waals surface area contributed by atoms with Gasteiger partial charge in [0.15, 0.2) is 0 Å². The largest absolute Gasteiger partial charge is 0.495 e. The Labute approximate surface area is 226 Å². The van der Waals surface area contributed by atoms with E-state index in [1.807, 2.05) is 42.5 Å². The number of nitrogens with zero attached hydrogens (tertiary/aromatic N) is 1. The first-order valence-electron chi connectivity index (χ1n) is 9.73. The molecule has 1 heterocycles. The summed E-state index contributed by atoms with van der Waals surface area (Å²) in [5, 5.41) is 1.27. The minimum Gasteiger partial charge on any atom is -0.495 e. The van der Waals surface area contributed by atoms with E-state index in [-0.39, 0.29) is 5.56 Å². The van der Waals surface area contributed by atoms with Crippen molar-refractivity contribution in [1.82, 2.24) is 4.57 Å². The lowest BCUT2D eigenvalue weighted by atomic mass is 10.2. The monoisotopic (exact) mass is 635 g/mol. The molecule has 4 rings (SSSR count). The molecule has 184 valence electrons. The number of methoxy groups -OCH3 is 1. The van der Waals surface area contributed by atoms with E-state index in [0.29, 0.717) is 37.1 Å². The second-order valence-electron chi connectivity index (χ2n) is 7.02. The lowest BCUT2D eigenvalue weighted by Crippen LogP contribution is -2.18. The average Bonchev–Trinajstić information content (AvgIpc) is 2.80. The molecule has 0 aliphatic rings. The minimum atomic E-state index is -3.72. The SMILES string of the molecule is COc1cc(Br)c(Cl)cc1-n1c(=O)ccc2cc(S(=O)Cc3ccccc3)ccc21.O=S(=O)(Cl)Cl. The number of halogens is 4. The maximum Gasteiger partial charge on any atom is 0.317 e. The van der Waals surface area contributed by atoms with Gasteiger partial charge >= 0.3 is 8.26 Å². The third-order valence-corrected chi connectivity index (χ3v) is 7.30. The summed E-state index contributed by atoms with van der Waals surface area (Å²) in [6.07, 6.45) is 0. The highest BCUT2D eigenvalue weighted by molar-refractivity contribution is 9.10. The van der Waals surface area contributed by atoms with E-state index in [0.717, 1.165) is 10.9 Å². The number of ether oxygens (including phenoxy) is 1. The number of aromatic nitrogens is 1. The van der Waals surface area contributed by atoms with Crippen molar-refractivity contribution in [2.45, 2.75) is 10.6 Å². The van der Waals surface area contributed by atoms with Crippen molar-refractivity contribution >= 4 is 78.9 Å². The van der Waals surface area contributed by atoms with Crippen LogP contribution < -0.4 is 10.3 Å². The fraction of sp³-hybridized carbons (Fsp3) is 0.0870. The molecule has 35 heavy (non-hydrogen) atoms. The van der Waals surface area contributed by atoms with E-state index in [1.54, 1.807) is 35.9 Å². The molecular formula is C23H17BrCl3NO5S2. The molecule has 0 saturated heterocycles. The number of hydrogen-bond donors (Lipinski definition) is 0. The predicted octanol–water partition coefficient (Wildman–Crippen LogP) is 6.43. The summed E-state index contributed by atoms with van der Waals surface area (Å²) < 4.78 is 38.9. The van der Waals surface area contributed by atoms with E-state index in [2.05, 4.69) is 37.3 Å². The predicted molar refractivity (Wildman–Crippen MR) is 146 cm³/mol. The fourth-order valence-electron chi connectivity index (χ4n) is 3.28. The Kier molecular flexibility index (Phi) is 9.42. The van der Waals surface area contributed by atoms with Gasteiger partial charge in [0.2, 0.25) is 0 Å². The van der Waals surface area contributed by atoms with E-state index in [4.69, 9.17) is 24.8 Å². The van der Waals surface area contributed by atoms with Crippen LogP contribution in [0.3, 0.4) is 0 Å². The lowest BCUT2D eigenvalue weighted by molar-refractivity contribution is 0.412. The highest BCUT2D eigenvalue weighted by Gasteiger charge is 2.15. The molecule has 4 aromatic rings. The van der Waals surface area contributed by atoms with Gasteiger partial charge in [0.25, 0.3) is 5.56 Å². The molecule has 0 radical (unpaired) electrons. The molecule has 0 spiro atoms. The van der Waals surface area contributed by atoms with Crippen LogP contribution in [0.25, 0.3) is 16.6 Å². The molecule has 0 N–H and O–H groups in total. The molecule has 1 unspecified atom stereocenters. The van der Waals surface area contributed by atoms with Gasteiger partial charge in [-0.2, -0.15) is 8.42 Å². The Balaban J connectivity index is 0.000000623. The standard InChI is InChI=1S/C23H17BrClNO3S.Cl2O2S/c1-29-22-12-18(24)19(25)13-21(22)26-20-9-8-17(11-16(20)7-10-23(26)27)30(28)14-15-5-3-2-4-6-15;1-5(2,3)4/h2-13H,14H2,1H3;. The van der Waals surface area contributed by atoms with Gasteiger partial charge in [0.1, 0.15) is 5.75 Å². The molecular weight excluding hydrogens is 621 g/mol. The van der Waals surface area contributed by atoms with Crippen LogP contribution in [0.1, 0.15) is 5.56 Å². The molecule has 0 aliphatic heterocycles. The zero-order valence-corrected chi connectivity index (χ0v) is 23.4. The zero-order chi connectivity index (χ0) is 25.8. The van der Waals surface area contributed by atoms with E-state index in [9.17, 15) is 9.00 Å². The van der Waals surface area contributed by atoms with Gasteiger partial charge in [-0.3, -0.25) is 13.6 Å². The molecule has 6 nitrogen and oxygen atoms in total. The Morgan fingerprint density at radius 3 is 2.29 bits per heavy atom. The molecule has 3 aromatic carbocycles. The van der Waals surface area contributed by atoms with Gasteiger partial charge < -0.3 is 4.74 Å². The highest BCUT2D eigenvalue weighted by Crippen LogP contribution is 2.34. The van der Waals surface area contributed by atoms with Crippen molar-refractivity contribution in [2.75, 3.05) is 7.11 Å². The van der Waals surface area contributed by atoms with Crippen LogP contribution in [0.4, 0.5) is 0 Å². The highest BCUT2D eigenvalue weighted by atomic mass is 79.9. The van der Waals surface area contributed by atoms with Crippen LogP contribution >= 0.6 is 48.9 Å². The Hall–Kier alpha value is -1.88. The van der Waals surface area contributed by atoms with Gasteiger partial charge in [-0.05, 0) is 57.9 Å². The molecule has 0 saturated carbocycles. The fourth-order valence-corrected chi connectivity index (χ4v) is 4.90. The van der Waals surface area contributed by atoms with Crippen LogP contribution in [-0.4, -0.2) is 24.3 Å². The zero-order valence-electron chi connectivity index (χ0n) is 18.0. The number of benzene rings is 3. The van der Waals surface area contributed by atoms with Gasteiger partial charge in [-0.25, -0.2) is 0 Å². The van der Waals surface area contributed by atoms with Crippen molar-refractivity contribution in [2.24, 2.45) is 0 Å².